The quantitative estimate of drug-likeness (QED) is 0.397. The first-order valence-electron chi connectivity index (χ1n) is 12.3. The van der Waals surface area contributed by atoms with Gasteiger partial charge in [-0.15, -0.1) is 0 Å². The molecule has 1 atom stereocenters. The van der Waals surface area contributed by atoms with Gasteiger partial charge in [0.2, 0.25) is 11.8 Å². The Balaban J connectivity index is 1.47. The van der Waals surface area contributed by atoms with E-state index in [0.29, 0.717) is 18.1 Å². The molecule has 180 valence electrons. The van der Waals surface area contributed by atoms with Gasteiger partial charge in [0.1, 0.15) is 23.6 Å². The van der Waals surface area contributed by atoms with E-state index in [4.69, 9.17) is 9.47 Å². The maximum atomic E-state index is 12.7. The van der Waals surface area contributed by atoms with Crippen LogP contribution in [-0.2, 0) is 4.79 Å². The zero-order chi connectivity index (χ0) is 23.5. The average molecular weight is 455 g/mol. The Morgan fingerprint density at radius 3 is 2.39 bits per heavy atom. The van der Waals surface area contributed by atoms with Crippen LogP contribution in [0.25, 0.3) is 0 Å². The number of hydrogen-bond donors (Lipinski definition) is 0. The van der Waals surface area contributed by atoms with Crippen LogP contribution >= 0.6 is 0 Å². The molecule has 0 unspecified atom stereocenters. The van der Waals surface area contributed by atoms with Gasteiger partial charge in [0, 0.05) is 38.2 Å². The molecule has 7 nitrogen and oxygen atoms in total. The number of rotatable bonds is 12. The van der Waals surface area contributed by atoms with Crippen LogP contribution in [0, 0.1) is 0 Å². The van der Waals surface area contributed by atoms with E-state index in [0.717, 1.165) is 44.0 Å². The van der Waals surface area contributed by atoms with Crippen molar-refractivity contribution in [2.75, 3.05) is 31.6 Å². The molecule has 1 aromatic carbocycles. The van der Waals surface area contributed by atoms with Crippen molar-refractivity contribution < 1.29 is 14.3 Å². The maximum absolute atomic E-state index is 12.7. The number of amides is 1. The highest BCUT2D eigenvalue weighted by atomic mass is 16.5. The summed E-state index contributed by atoms with van der Waals surface area (Å²) in [5.74, 6) is 3.06. The highest BCUT2D eigenvalue weighted by Crippen LogP contribution is 2.25. The molecule has 0 aliphatic carbocycles. The van der Waals surface area contributed by atoms with E-state index in [2.05, 4.69) is 28.7 Å². The third kappa shape index (κ3) is 7.62. The number of piperazine rings is 1. The summed E-state index contributed by atoms with van der Waals surface area (Å²) in [7, 11) is 1.64. The van der Waals surface area contributed by atoms with E-state index >= 15 is 0 Å². The van der Waals surface area contributed by atoms with Gasteiger partial charge in [0.15, 0.2) is 0 Å². The largest absolute Gasteiger partial charge is 0.497 e. The summed E-state index contributed by atoms with van der Waals surface area (Å²) in [5.41, 5.74) is 0. The summed E-state index contributed by atoms with van der Waals surface area (Å²) < 4.78 is 11.1. The van der Waals surface area contributed by atoms with Crippen molar-refractivity contribution in [2.24, 2.45) is 0 Å². The van der Waals surface area contributed by atoms with Crippen molar-refractivity contribution in [3.8, 4) is 17.4 Å². The molecule has 2 aromatic rings. The van der Waals surface area contributed by atoms with E-state index in [-0.39, 0.29) is 11.9 Å². The molecule has 0 radical (unpaired) electrons. The van der Waals surface area contributed by atoms with Crippen molar-refractivity contribution >= 4 is 11.7 Å². The molecule has 0 bridgehead atoms. The molecule has 0 spiro atoms. The molecular formula is C26H38N4O3. The lowest BCUT2D eigenvalue weighted by molar-refractivity contribution is -0.133. The molecule has 0 N–H and O–H groups in total. The Labute approximate surface area is 198 Å². The van der Waals surface area contributed by atoms with Crippen LogP contribution in [0.5, 0.6) is 17.4 Å². The summed E-state index contributed by atoms with van der Waals surface area (Å²) in [4.78, 5) is 25.7. The van der Waals surface area contributed by atoms with E-state index in [1.165, 1.54) is 38.4 Å². The Kier molecular flexibility index (Phi) is 9.78. The average Bonchev–Trinajstić information content (AvgIpc) is 2.84. The van der Waals surface area contributed by atoms with Gasteiger partial charge in [-0.2, -0.15) is 0 Å². The number of hydrogen-bond acceptors (Lipinski definition) is 6. The summed E-state index contributed by atoms with van der Waals surface area (Å²) in [6, 6.07) is 9.39. The standard InChI is InChI=1S/C26H38N4O3/c1-4-5-6-7-8-9-10-11-26(31)30-17-16-29(19-21(30)2)24-18-25(28-20-27-24)33-23-14-12-22(32-3)13-15-23/h12-15,18,20-21H,4-11,16-17,19H2,1-3H3/t21-/m0/s1. The van der Waals surface area contributed by atoms with Crippen molar-refractivity contribution in [1.29, 1.82) is 0 Å². The second kappa shape index (κ2) is 13.0. The van der Waals surface area contributed by atoms with E-state index in [1.54, 1.807) is 7.11 Å². The fourth-order valence-corrected chi connectivity index (χ4v) is 4.24. The third-order valence-electron chi connectivity index (χ3n) is 6.18. The number of aromatic nitrogens is 2. The van der Waals surface area contributed by atoms with Gasteiger partial charge < -0.3 is 19.3 Å². The molecule has 1 aromatic heterocycles. The molecule has 0 saturated carbocycles. The molecule has 1 fully saturated rings. The van der Waals surface area contributed by atoms with Crippen LogP contribution in [0.3, 0.4) is 0 Å². The number of benzene rings is 1. The zero-order valence-electron chi connectivity index (χ0n) is 20.3. The van der Waals surface area contributed by atoms with Crippen LogP contribution in [0.1, 0.15) is 65.2 Å². The smallest absolute Gasteiger partial charge is 0.224 e. The minimum Gasteiger partial charge on any atom is -0.497 e. The summed E-state index contributed by atoms with van der Waals surface area (Å²) in [5, 5.41) is 0. The Hall–Kier alpha value is -2.83. The predicted molar refractivity (Wildman–Crippen MR) is 131 cm³/mol. The van der Waals surface area contributed by atoms with Gasteiger partial charge in [-0.3, -0.25) is 4.79 Å². The number of carbonyl (C=O) groups is 1. The first-order chi connectivity index (χ1) is 16.1. The first kappa shape index (κ1) is 24.8. The molecule has 3 rings (SSSR count). The molecule has 1 saturated heterocycles. The van der Waals surface area contributed by atoms with Gasteiger partial charge in [0.05, 0.1) is 7.11 Å². The van der Waals surface area contributed by atoms with Gasteiger partial charge in [-0.25, -0.2) is 9.97 Å². The molecule has 33 heavy (non-hydrogen) atoms. The van der Waals surface area contributed by atoms with Crippen LogP contribution < -0.4 is 14.4 Å². The van der Waals surface area contributed by atoms with Crippen LogP contribution in [0.15, 0.2) is 36.7 Å². The van der Waals surface area contributed by atoms with Crippen LogP contribution in [0.2, 0.25) is 0 Å². The number of anilines is 1. The number of unbranched alkanes of at least 4 members (excludes halogenated alkanes) is 6. The van der Waals surface area contributed by atoms with E-state index < -0.39 is 0 Å². The number of carbonyl (C=O) groups excluding carboxylic acids is 1. The Bertz CT molecular complexity index is 859. The fraction of sp³-hybridized carbons (Fsp3) is 0.577. The molecule has 2 heterocycles. The monoisotopic (exact) mass is 454 g/mol. The fourth-order valence-electron chi connectivity index (χ4n) is 4.24. The van der Waals surface area contributed by atoms with E-state index in [1.807, 2.05) is 35.2 Å². The van der Waals surface area contributed by atoms with Gasteiger partial charge in [-0.1, -0.05) is 45.4 Å². The second-order valence-electron chi connectivity index (χ2n) is 8.75. The summed E-state index contributed by atoms with van der Waals surface area (Å²) >= 11 is 0. The van der Waals surface area contributed by atoms with Gasteiger partial charge in [0.25, 0.3) is 0 Å². The molecule has 1 aliphatic rings. The lowest BCUT2D eigenvalue weighted by Gasteiger charge is -2.40. The van der Waals surface area contributed by atoms with Crippen LogP contribution in [0.4, 0.5) is 5.82 Å². The van der Waals surface area contributed by atoms with Gasteiger partial charge >= 0.3 is 0 Å². The molecule has 1 amide bonds. The molecular weight excluding hydrogens is 416 g/mol. The second-order valence-corrected chi connectivity index (χ2v) is 8.75. The van der Waals surface area contributed by atoms with Crippen molar-refractivity contribution in [3.05, 3.63) is 36.7 Å². The number of nitrogens with zero attached hydrogens (tertiary/aromatic N) is 4. The summed E-state index contributed by atoms with van der Waals surface area (Å²) in [6.45, 7) is 6.58. The molecule has 7 heteroatoms. The molecule has 1 aliphatic heterocycles. The topological polar surface area (TPSA) is 67.8 Å². The minimum atomic E-state index is 0.150. The Morgan fingerprint density at radius 2 is 1.70 bits per heavy atom. The summed E-state index contributed by atoms with van der Waals surface area (Å²) in [6.07, 6.45) is 10.8. The lowest BCUT2D eigenvalue weighted by Crippen LogP contribution is -2.54. The predicted octanol–water partition coefficient (Wildman–Crippen LogP) is 5.46. The number of ether oxygens (including phenoxy) is 2. The maximum Gasteiger partial charge on any atom is 0.224 e. The van der Waals surface area contributed by atoms with Gasteiger partial charge in [-0.05, 0) is 37.6 Å². The number of methoxy groups -OCH3 is 1. The van der Waals surface area contributed by atoms with Crippen LogP contribution in [-0.4, -0.2) is 53.6 Å². The minimum absolute atomic E-state index is 0.150. The first-order valence-corrected chi connectivity index (χ1v) is 12.3. The normalized spacial score (nSPS) is 16.0. The zero-order valence-corrected chi connectivity index (χ0v) is 20.3. The SMILES string of the molecule is CCCCCCCCCC(=O)N1CCN(c2cc(Oc3ccc(OC)cc3)ncn2)C[C@@H]1C. The Morgan fingerprint density at radius 1 is 1.00 bits per heavy atom. The lowest BCUT2D eigenvalue weighted by atomic mass is 10.1. The third-order valence-corrected chi connectivity index (χ3v) is 6.18. The van der Waals surface area contributed by atoms with Crippen molar-refractivity contribution in [1.82, 2.24) is 14.9 Å². The van der Waals surface area contributed by atoms with E-state index in [9.17, 15) is 4.79 Å². The van der Waals surface area contributed by atoms with Crippen molar-refractivity contribution in [2.45, 2.75) is 71.3 Å². The highest BCUT2D eigenvalue weighted by molar-refractivity contribution is 5.76. The van der Waals surface area contributed by atoms with Crippen molar-refractivity contribution in [3.63, 3.8) is 0 Å². The highest BCUT2D eigenvalue weighted by Gasteiger charge is 2.27.